The molecule has 0 aliphatic carbocycles. The second-order valence-electron chi connectivity index (χ2n) is 4.63. The highest BCUT2D eigenvalue weighted by Gasteiger charge is 2.21. The summed E-state index contributed by atoms with van der Waals surface area (Å²) in [6.07, 6.45) is 0. The summed E-state index contributed by atoms with van der Waals surface area (Å²) >= 11 is 0. The van der Waals surface area contributed by atoms with E-state index in [1.807, 2.05) is 0 Å². The summed E-state index contributed by atoms with van der Waals surface area (Å²) in [5, 5.41) is 8.60. The molecule has 2 aromatic heterocycles. The fraction of sp³-hybridized carbons (Fsp3) is 0.500. The number of nitrogens with zero attached hydrogens (tertiary/aromatic N) is 2. The lowest BCUT2D eigenvalue weighted by atomic mass is 10.5. The molecule has 0 radical (unpaired) electrons. The fourth-order valence-electron chi connectivity index (χ4n) is 1.74. The highest BCUT2D eigenvalue weighted by atomic mass is 16.6. The number of carbonyl (C=O) groups is 2. The van der Waals surface area contributed by atoms with E-state index < -0.39 is 11.9 Å². The predicted molar refractivity (Wildman–Crippen MR) is 87.7 cm³/mol. The van der Waals surface area contributed by atoms with Gasteiger partial charge < -0.3 is 28.2 Å². The molecule has 0 saturated heterocycles. The molecular weight excluding hydrogens is 348 g/mol. The summed E-state index contributed by atoms with van der Waals surface area (Å²) < 4.78 is 24.8. The van der Waals surface area contributed by atoms with E-state index in [0.717, 1.165) is 0 Å². The van der Waals surface area contributed by atoms with Gasteiger partial charge in [-0.15, -0.1) is 0 Å². The Morgan fingerprint density at radius 3 is 1.77 bits per heavy atom. The molecule has 144 valence electrons. The molecule has 0 amide bonds. The van der Waals surface area contributed by atoms with E-state index >= 15 is 0 Å². The molecule has 2 heterocycles. The molecule has 0 aromatic carbocycles. The van der Waals surface area contributed by atoms with Crippen LogP contribution in [-0.4, -0.2) is 46.8 Å². The van der Waals surface area contributed by atoms with Gasteiger partial charge in [0, 0.05) is 13.8 Å². The molecule has 26 heavy (non-hydrogen) atoms. The van der Waals surface area contributed by atoms with Crippen molar-refractivity contribution < 1.29 is 37.7 Å². The smallest absolute Gasteiger partial charge is 0.364 e. The molecule has 0 saturated carbocycles. The van der Waals surface area contributed by atoms with Gasteiger partial charge in [-0.3, -0.25) is 0 Å². The summed E-state index contributed by atoms with van der Waals surface area (Å²) in [5.74, 6) is -0.888. The molecule has 2 aromatic rings. The molecule has 0 aliphatic rings. The molecule has 1 N–H and O–H groups in total. The number of aryl methyl sites for hydroxylation is 2. The van der Waals surface area contributed by atoms with Crippen LogP contribution in [0.3, 0.4) is 0 Å². The van der Waals surface area contributed by atoms with Crippen LogP contribution < -0.4 is 9.47 Å². The van der Waals surface area contributed by atoms with Crippen molar-refractivity contribution in [1.82, 2.24) is 9.97 Å². The minimum Gasteiger partial charge on any atom is -0.476 e. The van der Waals surface area contributed by atoms with Gasteiger partial charge in [0.05, 0.1) is 19.8 Å². The molecular formula is C16H22N2O8. The fourth-order valence-corrected chi connectivity index (χ4v) is 1.74. The standard InChI is InChI=1S/C9H13NO4.C7H9NO4/c1-4-12-8(11)7-9(13-5-2)14-6(3)10-7;1-3-11-7-5(6(9)10)8-4(2)12-7/h4-5H2,1-3H3;3H2,1-2H3,(H,9,10). The monoisotopic (exact) mass is 370 g/mol. The van der Waals surface area contributed by atoms with Crippen molar-refractivity contribution >= 4 is 11.9 Å². The van der Waals surface area contributed by atoms with Gasteiger partial charge in [-0.25, -0.2) is 19.6 Å². The van der Waals surface area contributed by atoms with Crippen molar-refractivity contribution in [3.63, 3.8) is 0 Å². The van der Waals surface area contributed by atoms with Crippen LogP contribution in [0.5, 0.6) is 11.9 Å². The van der Waals surface area contributed by atoms with Crippen molar-refractivity contribution in [2.24, 2.45) is 0 Å². The van der Waals surface area contributed by atoms with Crippen LogP contribution in [0.4, 0.5) is 0 Å². The summed E-state index contributed by atoms with van der Waals surface area (Å²) in [6.45, 7) is 9.55. The number of carbonyl (C=O) groups excluding carboxylic acids is 1. The lowest BCUT2D eigenvalue weighted by Crippen LogP contribution is -2.07. The van der Waals surface area contributed by atoms with Crippen LogP contribution >= 0.6 is 0 Å². The van der Waals surface area contributed by atoms with Crippen LogP contribution in [0.2, 0.25) is 0 Å². The maximum atomic E-state index is 11.3. The average molecular weight is 370 g/mol. The van der Waals surface area contributed by atoms with Crippen molar-refractivity contribution in [1.29, 1.82) is 0 Å². The number of rotatable bonds is 7. The van der Waals surface area contributed by atoms with E-state index in [-0.39, 0.29) is 29.2 Å². The Morgan fingerprint density at radius 2 is 1.35 bits per heavy atom. The first-order chi connectivity index (χ1) is 12.3. The lowest BCUT2D eigenvalue weighted by molar-refractivity contribution is 0.0512. The Hall–Kier alpha value is -3.04. The third-order valence-electron chi connectivity index (χ3n) is 2.63. The zero-order chi connectivity index (χ0) is 19.7. The summed E-state index contributed by atoms with van der Waals surface area (Å²) in [6, 6.07) is 0. The number of carboxylic acid groups (broad SMARTS) is 1. The molecule has 10 heteroatoms. The Bertz CT molecular complexity index is 735. The number of ether oxygens (including phenoxy) is 3. The highest BCUT2D eigenvalue weighted by Crippen LogP contribution is 2.20. The third-order valence-corrected chi connectivity index (χ3v) is 2.63. The van der Waals surface area contributed by atoms with Gasteiger partial charge in [0.15, 0.2) is 11.8 Å². The molecule has 0 unspecified atom stereocenters. The van der Waals surface area contributed by atoms with E-state index in [9.17, 15) is 9.59 Å². The number of carboxylic acids is 1. The highest BCUT2D eigenvalue weighted by molar-refractivity contribution is 5.89. The Labute approximate surface area is 150 Å². The molecule has 2 rings (SSSR count). The van der Waals surface area contributed by atoms with E-state index in [2.05, 4.69) is 9.97 Å². The first kappa shape index (κ1) is 21.0. The quantitative estimate of drug-likeness (QED) is 0.725. The van der Waals surface area contributed by atoms with E-state index in [1.165, 1.54) is 0 Å². The van der Waals surface area contributed by atoms with Crippen LogP contribution in [0.1, 0.15) is 53.5 Å². The van der Waals surface area contributed by atoms with Crippen molar-refractivity contribution in [2.75, 3.05) is 19.8 Å². The number of hydrogen-bond donors (Lipinski definition) is 1. The number of esters is 1. The SMILES string of the molecule is CCOC(=O)c1nc(C)oc1OCC.CCOc1oc(C)nc1C(=O)O. The molecule has 0 spiro atoms. The van der Waals surface area contributed by atoms with Crippen molar-refractivity contribution in [3.05, 3.63) is 23.2 Å². The van der Waals surface area contributed by atoms with E-state index in [0.29, 0.717) is 25.7 Å². The maximum Gasteiger partial charge on any atom is 0.364 e. The second-order valence-corrected chi connectivity index (χ2v) is 4.63. The predicted octanol–water partition coefficient (Wildman–Crippen LogP) is 2.64. The topological polar surface area (TPSA) is 134 Å². The van der Waals surface area contributed by atoms with Crippen LogP contribution in [0.15, 0.2) is 8.83 Å². The lowest BCUT2D eigenvalue weighted by Gasteiger charge is -2.00. The summed E-state index contributed by atoms with van der Waals surface area (Å²) in [7, 11) is 0. The van der Waals surface area contributed by atoms with Crippen molar-refractivity contribution in [3.8, 4) is 11.9 Å². The van der Waals surface area contributed by atoms with Gasteiger partial charge in [-0.1, -0.05) is 0 Å². The van der Waals surface area contributed by atoms with Gasteiger partial charge >= 0.3 is 23.8 Å². The van der Waals surface area contributed by atoms with Crippen LogP contribution in [0, 0.1) is 13.8 Å². The first-order valence-electron chi connectivity index (χ1n) is 7.94. The molecule has 0 bridgehead atoms. The second kappa shape index (κ2) is 10.1. The number of hydrogen-bond acceptors (Lipinski definition) is 9. The minimum atomic E-state index is -1.14. The van der Waals surface area contributed by atoms with Gasteiger partial charge in [-0.05, 0) is 20.8 Å². The van der Waals surface area contributed by atoms with E-state index in [4.69, 9.17) is 28.2 Å². The Morgan fingerprint density at radius 1 is 0.885 bits per heavy atom. The van der Waals surface area contributed by atoms with Gasteiger partial charge in [0.2, 0.25) is 11.4 Å². The maximum absolute atomic E-state index is 11.3. The number of aromatic carboxylic acids is 1. The zero-order valence-electron chi connectivity index (χ0n) is 15.3. The Kier molecular flexibility index (Phi) is 8.13. The zero-order valence-corrected chi connectivity index (χ0v) is 15.3. The van der Waals surface area contributed by atoms with Crippen LogP contribution in [-0.2, 0) is 4.74 Å². The molecule has 10 nitrogen and oxygen atoms in total. The largest absolute Gasteiger partial charge is 0.476 e. The Balaban J connectivity index is 0.000000263. The van der Waals surface area contributed by atoms with Gasteiger partial charge in [0.25, 0.3) is 0 Å². The molecule has 0 atom stereocenters. The molecule has 0 fully saturated rings. The normalized spacial score (nSPS) is 9.88. The summed E-state index contributed by atoms with van der Waals surface area (Å²) in [4.78, 5) is 29.4. The van der Waals surface area contributed by atoms with Gasteiger partial charge in [-0.2, -0.15) is 0 Å². The van der Waals surface area contributed by atoms with Gasteiger partial charge in [0.1, 0.15) is 0 Å². The average Bonchev–Trinajstić information content (AvgIpc) is 3.12. The van der Waals surface area contributed by atoms with Crippen LogP contribution in [0.25, 0.3) is 0 Å². The number of oxazole rings is 2. The molecule has 0 aliphatic heterocycles. The summed E-state index contributed by atoms with van der Waals surface area (Å²) in [5.41, 5.74) is -0.0689. The minimum absolute atomic E-state index is 0.0255. The first-order valence-corrected chi connectivity index (χ1v) is 7.94. The van der Waals surface area contributed by atoms with E-state index in [1.54, 1.807) is 34.6 Å². The van der Waals surface area contributed by atoms with Crippen molar-refractivity contribution in [2.45, 2.75) is 34.6 Å². The number of aromatic nitrogens is 2. The third kappa shape index (κ3) is 5.80.